The first-order valence-electron chi connectivity index (χ1n) is 5.35. The molecule has 0 bridgehead atoms. The summed E-state index contributed by atoms with van der Waals surface area (Å²) in [7, 11) is 1.58. The highest BCUT2D eigenvalue weighted by Crippen LogP contribution is 2.38. The summed E-state index contributed by atoms with van der Waals surface area (Å²) in [5.74, 6) is 0. The van der Waals surface area contributed by atoms with Crippen molar-refractivity contribution >= 4 is 11.3 Å². The van der Waals surface area contributed by atoms with E-state index in [2.05, 4.69) is 20.8 Å². The van der Waals surface area contributed by atoms with Crippen molar-refractivity contribution in [3.05, 3.63) is 16.8 Å². The van der Waals surface area contributed by atoms with E-state index in [0.717, 1.165) is 36.2 Å². The number of halogens is 1. The largest absolute Gasteiger partial charge is 0.487 e. The van der Waals surface area contributed by atoms with Crippen LogP contribution in [0, 0.1) is 5.13 Å². The summed E-state index contributed by atoms with van der Waals surface area (Å²) in [5, 5.41) is 0.556. The van der Waals surface area contributed by atoms with Gasteiger partial charge in [0.2, 0.25) is 0 Å². The third kappa shape index (κ3) is 2.94. The second-order valence-electron chi connectivity index (χ2n) is 4.44. The highest BCUT2D eigenvalue weighted by atomic mass is 32.1. The van der Waals surface area contributed by atoms with Gasteiger partial charge in [0.05, 0.1) is 7.11 Å². The lowest BCUT2D eigenvalue weighted by molar-refractivity contribution is 0.420. The summed E-state index contributed by atoms with van der Waals surface area (Å²) in [4.78, 5) is 0. The Hall–Kier alpha value is -0.570. The first-order chi connectivity index (χ1) is 7.01. The molecule has 0 aliphatic rings. The molecule has 0 radical (unpaired) electrons. The average Bonchev–Trinajstić information content (AvgIpc) is 2.57. The fourth-order valence-electron chi connectivity index (χ4n) is 1.66. The van der Waals surface area contributed by atoms with E-state index in [9.17, 15) is 4.39 Å². The van der Waals surface area contributed by atoms with E-state index in [4.69, 9.17) is 4.74 Å². The van der Waals surface area contributed by atoms with Crippen molar-refractivity contribution in [2.75, 3.05) is 7.11 Å². The normalized spacial score (nSPS) is 11.8. The van der Waals surface area contributed by atoms with Crippen molar-refractivity contribution in [1.29, 1.82) is 0 Å². The summed E-state index contributed by atoms with van der Waals surface area (Å²) in [6.07, 6.45) is 3.29. The fourth-order valence-corrected chi connectivity index (χ4v) is 2.54. The van der Waals surface area contributed by atoms with Crippen LogP contribution in [-0.4, -0.2) is 7.11 Å². The lowest BCUT2D eigenvalue weighted by Crippen LogP contribution is -2.17. The summed E-state index contributed by atoms with van der Waals surface area (Å²) in [6.45, 7) is 6.33. The molecule has 0 amide bonds. The SMILES string of the molecule is CCCCC(C)(C)c1cc(OC)sc1F. The van der Waals surface area contributed by atoms with Crippen molar-refractivity contribution in [1.82, 2.24) is 0 Å². The van der Waals surface area contributed by atoms with Gasteiger partial charge in [-0.3, -0.25) is 0 Å². The second-order valence-corrected chi connectivity index (χ2v) is 5.41. The summed E-state index contributed by atoms with van der Waals surface area (Å²) in [6, 6.07) is 1.83. The van der Waals surface area contributed by atoms with E-state index in [-0.39, 0.29) is 10.5 Å². The minimum Gasteiger partial charge on any atom is -0.487 e. The van der Waals surface area contributed by atoms with Gasteiger partial charge in [-0.05, 0) is 17.9 Å². The minimum absolute atomic E-state index is 0.0899. The van der Waals surface area contributed by atoms with Crippen molar-refractivity contribution < 1.29 is 9.13 Å². The molecular formula is C12H19FOS. The quantitative estimate of drug-likeness (QED) is 0.730. The molecule has 0 fully saturated rings. The maximum absolute atomic E-state index is 13.7. The summed E-state index contributed by atoms with van der Waals surface area (Å²) >= 11 is 1.09. The molecule has 1 nitrogen and oxygen atoms in total. The van der Waals surface area contributed by atoms with E-state index in [1.807, 2.05) is 6.07 Å². The Morgan fingerprint density at radius 3 is 2.60 bits per heavy atom. The van der Waals surface area contributed by atoms with Crippen LogP contribution in [0.5, 0.6) is 5.06 Å². The van der Waals surface area contributed by atoms with E-state index in [1.54, 1.807) is 7.11 Å². The molecule has 0 aliphatic carbocycles. The van der Waals surface area contributed by atoms with Crippen LogP contribution in [0.15, 0.2) is 6.07 Å². The molecule has 0 saturated heterocycles. The van der Waals surface area contributed by atoms with E-state index < -0.39 is 0 Å². The first kappa shape index (κ1) is 12.5. The Morgan fingerprint density at radius 1 is 1.47 bits per heavy atom. The third-order valence-electron chi connectivity index (χ3n) is 2.75. The van der Waals surface area contributed by atoms with Gasteiger partial charge in [0.15, 0.2) is 10.2 Å². The van der Waals surface area contributed by atoms with Gasteiger partial charge in [-0.15, -0.1) is 0 Å². The number of unbranched alkanes of at least 4 members (excludes halogenated alkanes) is 1. The maximum Gasteiger partial charge on any atom is 0.183 e. The zero-order valence-corrected chi connectivity index (χ0v) is 10.7. The highest BCUT2D eigenvalue weighted by Gasteiger charge is 2.26. The Labute approximate surface area is 95.3 Å². The lowest BCUT2D eigenvalue weighted by atomic mass is 9.81. The van der Waals surface area contributed by atoms with Gasteiger partial charge in [0.1, 0.15) is 0 Å². The van der Waals surface area contributed by atoms with Crippen LogP contribution in [0.1, 0.15) is 45.6 Å². The van der Waals surface area contributed by atoms with Crippen molar-refractivity contribution in [3.8, 4) is 5.06 Å². The van der Waals surface area contributed by atoms with Gasteiger partial charge in [-0.2, -0.15) is 4.39 Å². The van der Waals surface area contributed by atoms with Crippen molar-refractivity contribution in [3.63, 3.8) is 0 Å². The Bertz CT molecular complexity index is 317. The molecule has 3 heteroatoms. The van der Waals surface area contributed by atoms with E-state index in [0.29, 0.717) is 5.06 Å². The number of hydrogen-bond acceptors (Lipinski definition) is 2. The standard InChI is InChI=1S/C12H19FOS/c1-5-6-7-12(2,3)9-8-10(14-4)15-11(9)13/h8H,5-7H2,1-4H3. The summed E-state index contributed by atoms with van der Waals surface area (Å²) < 4.78 is 18.7. The molecule has 1 aromatic rings. The zero-order valence-electron chi connectivity index (χ0n) is 9.89. The number of rotatable bonds is 5. The highest BCUT2D eigenvalue weighted by molar-refractivity contribution is 7.12. The molecule has 0 aliphatic heterocycles. The topological polar surface area (TPSA) is 9.23 Å². The zero-order chi connectivity index (χ0) is 11.5. The fraction of sp³-hybridized carbons (Fsp3) is 0.667. The average molecular weight is 230 g/mol. The molecule has 0 saturated carbocycles. The van der Waals surface area contributed by atoms with Crippen LogP contribution in [0.4, 0.5) is 4.39 Å². The molecule has 0 spiro atoms. The van der Waals surface area contributed by atoms with Crippen LogP contribution in [0.2, 0.25) is 0 Å². The Morgan fingerprint density at radius 2 is 2.13 bits per heavy atom. The number of hydrogen-bond donors (Lipinski definition) is 0. The molecule has 1 aromatic heterocycles. The molecule has 1 heterocycles. The Kier molecular flexibility index (Phi) is 4.14. The number of methoxy groups -OCH3 is 1. The van der Waals surface area contributed by atoms with Crippen LogP contribution in [-0.2, 0) is 5.41 Å². The smallest absolute Gasteiger partial charge is 0.183 e. The van der Waals surface area contributed by atoms with Crippen LogP contribution < -0.4 is 4.74 Å². The van der Waals surface area contributed by atoms with Gasteiger partial charge in [0.25, 0.3) is 0 Å². The predicted molar refractivity (Wildman–Crippen MR) is 63.4 cm³/mol. The number of thiophene rings is 1. The van der Waals surface area contributed by atoms with Crippen molar-refractivity contribution in [2.24, 2.45) is 0 Å². The molecule has 0 atom stereocenters. The van der Waals surface area contributed by atoms with E-state index in [1.165, 1.54) is 0 Å². The van der Waals surface area contributed by atoms with Gasteiger partial charge in [0, 0.05) is 5.56 Å². The van der Waals surface area contributed by atoms with Gasteiger partial charge >= 0.3 is 0 Å². The molecular weight excluding hydrogens is 211 g/mol. The Balaban J connectivity index is 2.87. The monoisotopic (exact) mass is 230 g/mol. The molecule has 0 aromatic carbocycles. The van der Waals surface area contributed by atoms with Gasteiger partial charge in [-0.25, -0.2) is 0 Å². The first-order valence-corrected chi connectivity index (χ1v) is 6.16. The van der Waals surface area contributed by atoms with Crippen LogP contribution in [0.25, 0.3) is 0 Å². The molecule has 0 N–H and O–H groups in total. The van der Waals surface area contributed by atoms with Crippen LogP contribution in [0.3, 0.4) is 0 Å². The second kappa shape index (κ2) is 4.97. The molecule has 1 rings (SSSR count). The molecule has 0 unspecified atom stereocenters. The predicted octanol–water partition coefficient (Wildman–Crippen LogP) is 4.36. The molecule has 86 valence electrons. The lowest BCUT2D eigenvalue weighted by Gasteiger charge is -2.23. The summed E-state index contributed by atoms with van der Waals surface area (Å²) in [5.41, 5.74) is 0.700. The number of ether oxygens (including phenoxy) is 1. The van der Waals surface area contributed by atoms with Gasteiger partial charge in [-0.1, -0.05) is 44.9 Å². The van der Waals surface area contributed by atoms with E-state index >= 15 is 0 Å². The molecule has 15 heavy (non-hydrogen) atoms. The minimum atomic E-state index is -0.104. The third-order valence-corrected chi connectivity index (χ3v) is 3.63. The van der Waals surface area contributed by atoms with Crippen LogP contribution >= 0.6 is 11.3 Å². The van der Waals surface area contributed by atoms with Gasteiger partial charge < -0.3 is 4.74 Å². The maximum atomic E-state index is 13.7. The van der Waals surface area contributed by atoms with Crippen molar-refractivity contribution in [2.45, 2.75) is 45.4 Å².